The van der Waals surface area contributed by atoms with Crippen LogP contribution in [0.1, 0.15) is 27.4 Å². The van der Waals surface area contributed by atoms with Crippen molar-refractivity contribution in [3.8, 4) is 11.6 Å². The number of aryl methyl sites for hydroxylation is 2. The minimum atomic E-state index is -0.450. The third-order valence-electron chi connectivity index (χ3n) is 4.35. The average Bonchev–Trinajstić information content (AvgIpc) is 3.27. The molecule has 4 aromatic rings. The molecule has 2 aromatic heterocycles. The number of halogens is 1. The monoisotopic (exact) mass is 381 g/mol. The van der Waals surface area contributed by atoms with Crippen molar-refractivity contribution in [1.82, 2.24) is 15.5 Å². The Morgan fingerprint density at radius 1 is 1.15 bits per heavy atom. The number of rotatable bonds is 4. The Bertz CT molecular complexity index is 1130. The van der Waals surface area contributed by atoms with Gasteiger partial charge in [0, 0.05) is 22.5 Å². The van der Waals surface area contributed by atoms with Gasteiger partial charge in [0.1, 0.15) is 5.58 Å². The number of hydrogen-bond acceptors (Lipinski definition) is 5. The predicted octanol–water partition coefficient (Wildman–Crippen LogP) is 4.68. The number of aromatic nitrogens is 2. The van der Waals surface area contributed by atoms with Gasteiger partial charge in [-0.25, -0.2) is 0 Å². The van der Waals surface area contributed by atoms with Crippen molar-refractivity contribution in [3.05, 3.63) is 70.1 Å². The van der Waals surface area contributed by atoms with Gasteiger partial charge in [-0.15, -0.1) is 0 Å². The summed E-state index contributed by atoms with van der Waals surface area (Å²) in [5.74, 6) is 0.184. The Morgan fingerprint density at radius 2 is 1.93 bits per heavy atom. The number of amides is 1. The molecule has 7 heteroatoms. The SMILES string of the molecule is Cc1c(-c2noc(C(=O)NCc3ccc(Cl)cc3)n2)oc2c(C)cccc12. The molecular weight excluding hydrogens is 366 g/mol. The van der Waals surface area contributed by atoms with Crippen molar-refractivity contribution >= 4 is 28.5 Å². The molecule has 2 aromatic carbocycles. The van der Waals surface area contributed by atoms with Gasteiger partial charge in [0.2, 0.25) is 5.82 Å². The lowest BCUT2D eigenvalue weighted by Crippen LogP contribution is -2.23. The highest BCUT2D eigenvalue weighted by Gasteiger charge is 2.21. The standard InChI is InChI=1S/C20H16ClN3O3/c1-11-4-3-5-15-12(2)17(26-16(11)15)18-23-20(27-24-18)19(25)22-10-13-6-8-14(21)9-7-13/h3-9H,10H2,1-2H3,(H,22,25). The number of nitrogens with zero attached hydrogens (tertiary/aromatic N) is 2. The summed E-state index contributed by atoms with van der Waals surface area (Å²) in [5, 5.41) is 8.27. The molecule has 0 fully saturated rings. The highest BCUT2D eigenvalue weighted by Crippen LogP contribution is 2.33. The topological polar surface area (TPSA) is 81.2 Å². The number of carbonyl (C=O) groups excluding carboxylic acids is 1. The molecule has 0 radical (unpaired) electrons. The molecule has 0 aliphatic heterocycles. The zero-order valence-electron chi connectivity index (χ0n) is 14.7. The maximum atomic E-state index is 12.3. The molecule has 4 rings (SSSR count). The maximum absolute atomic E-state index is 12.3. The molecule has 6 nitrogen and oxygen atoms in total. The summed E-state index contributed by atoms with van der Waals surface area (Å²) < 4.78 is 11.0. The van der Waals surface area contributed by atoms with E-state index < -0.39 is 5.91 Å². The van der Waals surface area contributed by atoms with Crippen LogP contribution in [0, 0.1) is 13.8 Å². The molecule has 0 aliphatic carbocycles. The first-order chi connectivity index (χ1) is 13.0. The molecule has 0 spiro atoms. The highest BCUT2D eigenvalue weighted by molar-refractivity contribution is 6.30. The normalized spacial score (nSPS) is 11.1. The molecule has 0 atom stereocenters. The van der Waals surface area contributed by atoms with Crippen molar-refractivity contribution < 1.29 is 13.7 Å². The average molecular weight is 382 g/mol. The molecule has 0 saturated carbocycles. The van der Waals surface area contributed by atoms with E-state index in [2.05, 4.69) is 15.5 Å². The number of hydrogen-bond donors (Lipinski definition) is 1. The van der Waals surface area contributed by atoms with Crippen LogP contribution in [0.5, 0.6) is 0 Å². The van der Waals surface area contributed by atoms with Gasteiger partial charge in [0.15, 0.2) is 5.76 Å². The summed E-state index contributed by atoms with van der Waals surface area (Å²) in [6.07, 6.45) is 0. The first-order valence-corrected chi connectivity index (χ1v) is 8.76. The summed E-state index contributed by atoms with van der Waals surface area (Å²) in [5.41, 5.74) is 3.62. The van der Waals surface area contributed by atoms with Crippen molar-refractivity contribution in [1.29, 1.82) is 0 Å². The van der Waals surface area contributed by atoms with E-state index in [4.69, 9.17) is 20.5 Å². The third-order valence-corrected chi connectivity index (χ3v) is 4.60. The van der Waals surface area contributed by atoms with Crippen LogP contribution >= 0.6 is 11.6 Å². The molecule has 0 saturated heterocycles. The number of benzene rings is 2. The van der Waals surface area contributed by atoms with Crippen molar-refractivity contribution in [2.24, 2.45) is 0 Å². The minimum Gasteiger partial charge on any atom is -0.452 e. The van der Waals surface area contributed by atoms with E-state index >= 15 is 0 Å². The minimum absolute atomic E-state index is 0.115. The van der Waals surface area contributed by atoms with Crippen molar-refractivity contribution in [2.75, 3.05) is 0 Å². The number of carbonyl (C=O) groups is 1. The van der Waals surface area contributed by atoms with E-state index in [-0.39, 0.29) is 11.7 Å². The van der Waals surface area contributed by atoms with Gasteiger partial charge in [-0.3, -0.25) is 4.79 Å². The second kappa shape index (κ2) is 6.89. The predicted molar refractivity (Wildman–Crippen MR) is 102 cm³/mol. The largest absolute Gasteiger partial charge is 0.452 e. The smallest absolute Gasteiger partial charge is 0.316 e. The van der Waals surface area contributed by atoms with Crippen LogP contribution in [0.15, 0.2) is 51.4 Å². The summed E-state index contributed by atoms with van der Waals surface area (Å²) >= 11 is 5.85. The Hall–Kier alpha value is -3.12. The van der Waals surface area contributed by atoms with Gasteiger partial charge >= 0.3 is 11.8 Å². The molecule has 2 heterocycles. The highest BCUT2D eigenvalue weighted by atomic mass is 35.5. The van der Waals surface area contributed by atoms with E-state index in [0.717, 1.165) is 27.7 Å². The quantitative estimate of drug-likeness (QED) is 0.555. The van der Waals surface area contributed by atoms with Crippen molar-refractivity contribution in [3.63, 3.8) is 0 Å². The fourth-order valence-electron chi connectivity index (χ4n) is 2.87. The van der Waals surface area contributed by atoms with Gasteiger partial charge in [0.25, 0.3) is 0 Å². The molecule has 0 unspecified atom stereocenters. The van der Waals surface area contributed by atoms with Crippen LogP contribution in [0.2, 0.25) is 5.02 Å². The van der Waals surface area contributed by atoms with E-state index in [1.807, 2.05) is 44.2 Å². The van der Waals surface area contributed by atoms with E-state index in [1.54, 1.807) is 12.1 Å². The fourth-order valence-corrected chi connectivity index (χ4v) is 2.99. The van der Waals surface area contributed by atoms with Crippen LogP contribution in [0.3, 0.4) is 0 Å². The summed E-state index contributed by atoms with van der Waals surface area (Å²) in [6.45, 7) is 4.23. The first-order valence-electron chi connectivity index (χ1n) is 8.38. The number of para-hydroxylation sites is 1. The molecule has 0 aliphatic rings. The zero-order chi connectivity index (χ0) is 19.0. The van der Waals surface area contributed by atoms with E-state index in [0.29, 0.717) is 17.3 Å². The van der Waals surface area contributed by atoms with Gasteiger partial charge < -0.3 is 14.3 Å². The third kappa shape index (κ3) is 3.31. The molecule has 136 valence electrons. The lowest BCUT2D eigenvalue weighted by molar-refractivity contribution is 0.0907. The second-order valence-corrected chi connectivity index (χ2v) is 6.68. The number of nitrogens with one attached hydrogen (secondary N) is 1. The van der Waals surface area contributed by atoms with Crippen LogP contribution in [-0.4, -0.2) is 16.0 Å². The fraction of sp³-hybridized carbons (Fsp3) is 0.150. The van der Waals surface area contributed by atoms with Crippen LogP contribution < -0.4 is 5.32 Å². The summed E-state index contributed by atoms with van der Waals surface area (Å²) in [7, 11) is 0. The maximum Gasteiger partial charge on any atom is 0.316 e. The van der Waals surface area contributed by atoms with E-state index in [1.165, 1.54) is 0 Å². The van der Waals surface area contributed by atoms with Crippen molar-refractivity contribution in [2.45, 2.75) is 20.4 Å². The Balaban J connectivity index is 1.54. The molecule has 27 heavy (non-hydrogen) atoms. The van der Waals surface area contributed by atoms with Gasteiger partial charge in [0.05, 0.1) is 0 Å². The second-order valence-electron chi connectivity index (χ2n) is 6.24. The zero-order valence-corrected chi connectivity index (χ0v) is 15.5. The van der Waals surface area contributed by atoms with Gasteiger partial charge in [-0.1, -0.05) is 47.1 Å². The molecular formula is C20H16ClN3O3. The molecule has 0 bridgehead atoms. The van der Waals surface area contributed by atoms with Crippen LogP contribution in [0.4, 0.5) is 0 Å². The molecule has 1 amide bonds. The Kier molecular flexibility index (Phi) is 4.41. The summed E-state index contributed by atoms with van der Waals surface area (Å²) in [6, 6.07) is 13.1. The van der Waals surface area contributed by atoms with Crippen LogP contribution in [0.25, 0.3) is 22.6 Å². The number of furan rings is 1. The Morgan fingerprint density at radius 3 is 2.67 bits per heavy atom. The van der Waals surface area contributed by atoms with E-state index in [9.17, 15) is 4.79 Å². The lowest BCUT2D eigenvalue weighted by atomic mass is 10.1. The van der Waals surface area contributed by atoms with Gasteiger partial charge in [-0.2, -0.15) is 4.98 Å². The lowest BCUT2D eigenvalue weighted by Gasteiger charge is -2.02. The van der Waals surface area contributed by atoms with Gasteiger partial charge in [-0.05, 0) is 37.1 Å². The Labute approximate surface area is 160 Å². The number of fused-ring (bicyclic) bond motifs is 1. The first kappa shape index (κ1) is 17.3. The van der Waals surface area contributed by atoms with Crippen LogP contribution in [-0.2, 0) is 6.54 Å². The molecule has 1 N–H and O–H groups in total. The summed E-state index contributed by atoms with van der Waals surface area (Å²) in [4.78, 5) is 16.5.